The minimum absolute atomic E-state index is 0.0604. The van der Waals surface area contributed by atoms with Crippen molar-refractivity contribution in [3.8, 4) is 5.75 Å². The van der Waals surface area contributed by atoms with Crippen LogP contribution in [0.4, 0.5) is 13.2 Å². The number of phenolic OH excluding ortho intramolecular Hbond substituents is 1. The summed E-state index contributed by atoms with van der Waals surface area (Å²) >= 11 is 0. The van der Waals surface area contributed by atoms with Gasteiger partial charge < -0.3 is 20.6 Å². The lowest BCUT2D eigenvalue weighted by molar-refractivity contribution is -0.137. The second-order valence-corrected chi connectivity index (χ2v) is 9.30. The molecule has 0 aromatic heterocycles. The van der Waals surface area contributed by atoms with Crippen molar-refractivity contribution in [1.82, 2.24) is 15.5 Å². The summed E-state index contributed by atoms with van der Waals surface area (Å²) in [5, 5.41) is 15.0. The zero-order valence-electron chi connectivity index (χ0n) is 20.6. The molecule has 3 rings (SSSR count). The highest BCUT2D eigenvalue weighted by atomic mass is 19.4. The number of benzene rings is 2. The summed E-state index contributed by atoms with van der Waals surface area (Å²) in [6.45, 7) is 8.12. The van der Waals surface area contributed by atoms with Gasteiger partial charge in [0.2, 0.25) is 5.91 Å². The molecule has 1 fully saturated rings. The molecule has 0 unspecified atom stereocenters. The number of amides is 3. The van der Waals surface area contributed by atoms with E-state index in [4.69, 9.17) is 0 Å². The zero-order valence-corrected chi connectivity index (χ0v) is 20.6. The van der Waals surface area contributed by atoms with Gasteiger partial charge in [-0.3, -0.25) is 14.4 Å². The molecule has 0 heterocycles. The van der Waals surface area contributed by atoms with Gasteiger partial charge in [0.1, 0.15) is 11.3 Å². The number of hydrogen-bond donors (Lipinski definition) is 3. The van der Waals surface area contributed by atoms with Crippen molar-refractivity contribution in [3.05, 3.63) is 64.7 Å². The third-order valence-corrected chi connectivity index (χ3v) is 6.27. The Morgan fingerprint density at radius 2 is 1.64 bits per heavy atom. The molecular formula is C26H30F3N3O4. The number of hydrogen-bond acceptors (Lipinski definition) is 4. The minimum atomic E-state index is -4.73. The highest BCUT2D eigenvalue weighted by Gasteiger charge is 2.51. The van der Waals surface area contributed by atoms with Crippen LogP contribution in [0.3, 0.4) is 0 Å². The van der Waals surface area contributed by atoms with Crippen LogP contribution in [-0.4, -0.2) is 45.9 Å². The lowest BCUT2D eigenvalue weighted by Gasteiger charge is -2.25. The molecule has 0 bridgehead atoms. The first-order valence-electron chi connectivity index (χ1n) is 11.7. The lowest BCUT2D eigenvalue weighted by Crippen LogP contribution is -2.49. The summed E-state index contributed by atoms with van der Waals surface area (Å²) in [5.74, 6) is -2.13. The molecule has 36 heavy (non-hydrogen) atoms. The van der Waals surface area contributed by atoms with Gasteiger partial charge in [0.25, 0.3) is 11.8 Å². The number of nitrogens with one attached hydrogen (secondary N) is 2. The van der Waals surface area contributed by atoms with E-state index < -0.39 is 46.4 Å². The molecule has 0 aliphatic heterocycles. The molecule has 1 saturated carbocycles. The summed E-state index contributed by atoms with van der Waals surface area (Å²) in [6, 6.07) is 8.58. The molecule has 7 nitrogen and oxygen atoms in total. The van der Waals surface area contributed by atoms with E-state index in [1.807, 2.05) is 20.8 Å². The first-order chi connectivity index (χ1) is 16.8. The van der Waals surface area contributed by atoms with Crippen molar-refractivity contribution < 1.29 is 32.7 Å². The quantitative estimate of drug-likeness (QED) is 0.495. The van der Waals surface area contributed by atoms with E-state index in [0.29, 0.717) is 37.1 Å². The summed E-state index contributed by atoms with van der Waals surface area (Å²) in [4.78, 5) is 40.0. The molecule has 1 aliphatic rings. The average molecular weight is 506 g/mol. The molecule has 0 radical (unpaired) electrons. The number of halogens is 3. The van der Waals surface area contributed by atoms with E-state index >= 15 is 0 Å². The molecule has 194 valence electrons. The van der Waals surface area contributed by atoms with Gasteiger partial charge in [0, 0.05) is 23.7 Å². The Kier molecular flexibility index (Phi) is 7.66. The van der Waals surface area contributed by atoms with Gasteiger partial charge in [-0.05, 0) is 76.4 Å². The first-order valence-corrected chi connectivity index (χ1v) is 11.7. The smallest absolute Gasteiger partial charge is 0.416 e. The Morgan fingerprint density at radius 3 is 2.14 bits per heavy atom. The highest BCUT2D eigenvalue weighted by molar-refractivity contribution is 6.01. The number of phenols is 1. The maximum atomic E-state index is 13.0. The molecule has 2 aromatic carbocycles. The maximum absolute atomic E-state index is 13.0. The Hall–Kier alpha value is -3.56. The highest BCUT2D eigenvalue weighted by Crippen LogP contribution is 2.37. The van der Waals surface area contributed by atoms with Crippen LogP contribution in [0, 0.1) is 0 Å². The largest absolute Gasteiger partial charge is 0.508 e. The number of aromatic hydroxyl groups is 1. The molecule has 2 aromatic rings. The van der Waals surface area contributed by atoms with E-state index in [1.54, 1.807) is 36.1 Å². The number of carbonyl (C=O) groups is 3. The van der Waals surface area contributed by atoms with E-state index in [2.05, 4.69) is 10.6 Å². The molecule has 1 aliphatic carbocycles. The van der Waals surface area contributed by atoms with Crippen molar-refractivity contribution in [2.45, 2.75) is 64.3 Å². The normalized spacial score (nSPS) is 15.2. The molecule has 10 heteroatoms. The fraction of sp³-hybridized carbons (Fsp3) is 0.423. The van der Waals surface area contributed by atoms with Crippen molar-refractivity contribution in [3.63, 3.8) is 0 Å². The van der Waals surface area contributed by atoms with Crippen LogP contribution in [0.2, 0.25) is 0 Å². The molecule has 0 saturated heterocycles. The predicted molar refractivity (Wildman–Crippen MR) is 127 cm³/mol. The van der Waals surface area contributed by atoms with Gasteiger partial charge in [0.15, 0.2) is 0 Å². The topological polar surface area (TPSA) is 98.7 Å². The third-order valence-electron chi connectivity index (χ3n) is 6.27. The fourth-order valence-electron chi connectivity index (χ4n) is 3.97. The monoisotopic (exact) mass is 505 g/mol. The number of nitrogens with zero attached hydrogens (tertiary/aromatic N) is 1. The van der Waals surface area contributed by atoms with Crippen LogP contribution in [0.25, 0.3) is 0 Å². The van der Waals surface area contributed by atoms with Crippen molar-refractivity contribution in [1.29, 1.82) is 0 Å². The van der Waals surface area contributed by atoms with Crippen LogP contribution in [-0.2, 0) is 11.0 Å². The van der Waals surface area contributed by atoms with Crippen molar-refractivity contribution in [2.24, 2.45) is 0 Å². The number of rotatable bonds is 8. The molecule has 0 spiro atoms. The standard InChI is InChI=1S/C26H30F3N3O4/c1-5-32(15(2)3)23(35)18-8-6-17(7-9-18)16(4)30-24(36)25(10-11-25)31-22(34)19-12-20(26(27,28)29)14-21(33)13-19/h6-9,12-16,33H,5,10-11H2,1-4H3,(H,30,36)(H,31,34)/t16-/m1/s1. The van der Waals surface area contributed by atoms with Crippen molar-refractivity contribution >= 4 is 17.7 Å². The minimum Gasteiger partial charge on any atom is -0.508 e. The Bertz CT molecular complexity index is 1140. The van der Waals surface area contributed by atoms with Gasteiger partial charge in [-0.2, -0.15) is 13.2 Å². The maximum Gasteiger partial charge on any atom is 0.416 e. The summed E-state index contributed by atoms with van der Waals surface area (Å²) in [5.41, 5.74) is -1.50. The average Bonchev–Trinajstić information content (AvgIpc) is 3.59. The van der Waals surface area contributed by atoms with Gasteiger partial charge in [-0.15, -0.1) is 0 Å². The van der Waals surface area contributed by atoms with E-state index in [-0.39, 0.29) is 11.9 Å². The van der Waals surface area contributed by atoms with Gasteiger partial charge >= 0.3 is 6.18 Å². The van der Waals surface area contributed by atoms with E-state index in [0.717, 1.165) is 11.6 Å². The van der Waals surface area contributed by atoms with Crippen LogP contribution < -0.4 is 10.6 Å². The van der Waals surface area contributed by atoms with Crippen LogP contribution >= 0.6 is 0 Å². The van der Waals surface area contributed by atoms with E-state index in [9.17, 15) is 32.7 Å². The number of carbonyl (C=O) groups excluding carboxylic acids is 3. The fourth-order valence-corrected chi connectivity index (χ4v) is 3.97. The molecular weight excluding hydrogens is 475 g/mol. The zero-order chi connectivity index (χ0) is 26.8. The third kappa shape index (κ3) is 5.98. The summed E-state index contributed by atoms with van der Waals surface area (Å²) < 4.78 is 39.1. The summed E-state index contributed by atoms with van der Waals surface area (Å²) in [6.07, 6.45) is -4.07. The van der Waals surface area contributed by atoms with E-state index in [1.165, 1.54) is 0 Å². The van der Waals surface area contributed by atoms with Crippen LogP contribution in [0.15, 0.2) is 42.5 Å². The Labute approximate surface area is 207 Å². The predicted octanol–water partition coefficient (Wildman–Crippen LogP) is 4.42. The van der Waals surface area contributed by atoms with Crippen molar-refractivity contribution in [2.75, 3.05) is 6.54 Å². The SMILES string of the molecule is CCN(C(=O)c1ccc([C@@H](C)NC(=O)C2(NC(=O)c3cc(O)cc(C(F)(F)F)c3)CC2)cc1)C(C)C. The van der Waals surface area contributed by atoms with Crippen LogP contribution in [0.5, 0.6) is 5.75 Å². The van der Waals surface area contributed by atoms with Gasteiger partial charge in [-0.25, -0.2) is 0 Å². The number of alkyl halides is 3. The lowest BCUT2D eigenvalue weighted by atomic mass is 10.0. The van der Waals surface area contributed by atoms with Gasteiger partial charge in [-0.1, -0.05) is 12.1 Å². The second kappa shape index (κ2) is 10.2. The first kappa shape index (κ1) is 27.0. The molecule has 3 amide bonds. The second-order valence-electron chi connectivity index (χ2n) is 9.30. The molecule has 1 atom stereocenters. The Morgan fingerprint density at radius 1 is 1.03 bits per heavy atom. The molecule has 3 N–H and O–H groups in total. The van der Waals surface area contributed by atoms with Crippen LogP contribution in [0.1, 0.15) is 78.4 Å². The summed E-state index contributed by atoms with van der Waals surface area (Å²) in [7, 11) is 0. The Balaban J connectivity index is 1.67. The van der Waals surface area contributed by atoms with Gasteiger partial charge in [0.05, 0.1) is 11.6 Å².